The molecule has 0 saturated carbocycles. The molecule has 25 heavy (non-hydrogen) atoms. The average Bonchev–Trinajstić information content (AvgIpc) is 2.58. The van der Waals surface area contributed by atoms with Gasteiger partial charge >= 0.3 is 5.97 Å². The molecule has 0 heterocycles. The predicted octanol–water partition coefficient (Wildman–Crippen LogP) is 5.95. The van der Waals surface area contributed by atoms with E-state index in [4.69, 9.17) is 5.11 Å². The van der Waals surface area contributed by atoms with Gasteiger partial charge in [-0.1, -0.05) is 80.9 Å². The van der Waals surface area contributed by atoms with Crippen LogP contribution in [0.1, 0.15) is 64.7 Å². The lowest BCUT2D eigenvalue weighted by Gasteiger charge is -2.00. The number of Topliss-reactive ketones (excluding diaryl/α,β-unsaturated/α-hetero) is 1. The number of carbonyl (C=O) groups is 2. The van der Waals surface area contributed by atoms with E-state index < -0.39 is 5.97 Å². The molecule has 0 aromatic carbocycles. The van der Waals surface area contributed by atoms with Crippen molar-refractivity contribution in [3.05, 3.63) is 60.8 Å². The summed E-state index contributed by atoms with van der Waals surface area (Å²) in [5.41, 5.74) is 0. The van der Waals surface area contributed by atoms with Crippen LogP contribution >= 0.6 is 0 Å². The summed E-state index contributed by atoms with van der Waals surface area (Å²) in [5.74, 6) is -0.525. The highest BCUT2D eigenvalue weighted by Crippen LogP contribution is 2.08. The molecule has 0 radical (unpaired) electrons. The maximum absolute atomic E-state index is 11.6. The van der Waals surface area contributed by atoms with E-state index in [9.17, 15) is 9.59 Å². The summed E-state index contributed by atoms with van der Waals surface area (Å²) in [6, 6.07) is 0. The smallest absolute Gasteiger partial charge is 0.328 e. The van der Waals surface area contributed by atoms with Gasteiger partial charge in [0.1, 0.15) is 5.78 Å². The third-order valence-electron chi connectivity index (χ3n) is 3.54. The van der Waals surface area contributed by atoms with E-state index in [-0.39, 0.29) is 0 Å². The number of hydrogen-bond acceptors (Lipinski definition) is 2. The molecule has 0 fully saturated rings. The molecule has 0 aromatic heterocycles. The first-order valence-corrected chi connectivity index (χ1v) is 9.24. The molecule has 3 heteroatoms. The van der Waals surface area contributed by atoms with E-state index in [1.807, 2.05) is 30.4 Å². The second-order valence-electron chi connectivity index (χ2n) is 5.88. The molecule has 0 rings (SSSR count). The summed E-state index contributed by atoms with van der Waals surface area (Å²) in [5, 5.41) is 8.40. The Morgan fingerprint density at radius 2 is 1.28 bits per heavy atom. The first-order valence-electron chi connectivity index (χ1n) is 9.24. The first-order chi connectivity index (χ1) is 12.2. The van der Waals surface area contributed by atoms with Crippen LogP contribution in [0.15, 0.2) is 60.8 Å². The van der Waals surface area contributed by atoms with Crippen molar-refractivity contribution in [2.75, 3.05) is 0 Å². The Labute approximate surface area is 152 Å². The van der Waals surface area contributed by atoms with Crippen molar-refractivity contribution < 1.29 is 14.7 Å². The molecular formula is C22H32O3. The minimum atomic E-state index is -0.947. The van der Waals surface area contributed by atoms with Gasteiger partial charge in [-0.2, -0.15) is 0 Å². The van der Waals surface area contributed by atoms with Crippen LogP contribution in [0.5, 0.6) is 0 Å². The van der Waals surface area contributed by atoms with Crippen LogP contribution in [0.3, 0.4) is 0 Å². The summed E-state index contributed by atoms with van der Waals surface area (Å²) in [6.07, 6.45) is 27.0. The number of ketones is 1. The zero-order valence-electron chi connectivity index (χ0n) is 15.4. The van der Waals surface area contributed by atoms with E-state index >= 15 is 0 Å². The number of unbranched alkanes of at least 4 members (excludes halogenated alkanes) is 5. The Kier molecular flexibility index (Phi) is 16.6. The summed E-state index contributed by atoms with van der Waals surface area (Å²) >= 11 is 0. The molecule has 0 aliphatic carbocycles. The third-order valence-corrected chi connectivity index (χ3v) is 3.54. The van der Waals surface area contributed by atoms with Crippen LogP contribution in [0.2, 0.25) is 0 Å². The van der Waals surface area contributed by atoms with Gasteiger partial charge in [0.2, 0.25) is 0 Å². The SMILES string of the molecule is CCCCCC(=O)CCCCCC=CC=CC=CC=CC=CC(=O)O. The zero-order valence-corrected chi connectivity index (χ0v) is 15.4. The van der Waals surface area contributed by atoms with Crippen LogP contribution in [0.4, 0.5) is 0 Å². The summed E-state index contributed by atoms with van der Waals surface area (Å²) in [4.78, 5) is 21.8. The monoisotopic (exact) mass is 344 g/mol. The van der Waals surface area contributed by atoms with E-state index in [0.29, 0.717) is 5.78 Å². The fraction of sp³-hybridized carbons (Fsp3) is 0.455. The molecule has 0 unspecified atom stereocenters. The maximum atomic E-state index is 11.6. The molecule has 0 spiro atoms. The normalized spacial score (nSPS) is 12.5. The first kappa shape index (κ1) is 22.8. The second-order valence-corrected chi connectivity index (χ2v) is 5.88. The number of aliphatic carboxylic acids is 1. The minimum Gasteiger partial charge on any atom is -0.478 e. The van der Waals surface area contributed by atoms with Gasteiger partial charge in [-0.05, 0) is 25.7 Å². The van der Waals surface area contributed by atoms with Crippen LogP contribution < -0.4 is 0 Å². The fourth-order valence-corrected chi connectivity index (χ4v) is 2.16. The van der Waals surface area contributed by atoms with Gasteiger partial charge < -0.3 is 5.11 Å². The Morgan fingerprint density at radius 3 is 1.88 bits per heavy atom. The number of carboxylic acid groups (broad SMARTS) is 1. The van der Waals surface area contributed by atoms with Gasteiger partial charge in [-0.3, -0.25) is 4.79 Å². The molecule has 0 amide bonds. The topological polar surface area (TPSA) is 54.4 Å². The summed E-state index contributed by atoms with van der Waals surface area (Å²) in [6.45, 7) is 2.16. The summed E-state index contributed by atoms with van der Waals surface area (Å²) < 4.78 is 0. The Morgan fingerprint density at radius 1 is 0.720 bits per heavy atom. The van der Waals surface area contributed by atoms with E-state index in [0.717, 1.165) is 57.4 Å². The van der Waals surface area contributed by atoms with Crippen molar-refractivity contribution >= 4 is 11.8 Å². The molecule has 0 bridgehead atoms. The van der Waals surface area contributed by atoms with Gasteiger partial charge in [0.15, 0.2) is 0 Å². The number of rotatable bonds is 15. The highest BCUT2D eigenvalue weighted by atomic mass is 16.4. The Bertz CT molecular complexity index is 493. The lowest BCUT2D eigenvalue weighted by atomic mass is 10.1. The average molecular weight is 344 g/mol. The van der Waals surface area contributed by atoms with E-state index in [2.05, 4.69) is 13.0 Å². The number of hydrogen-bond donors (Lipinski definition) is 1. The highest BCUT2D eigenvalue weighted by Gasteiger charge is 2.00. The minimum absolute atomic E-state index is 0.422. The standard InChI is InChI=1S/C22H32O3/c1-2-3-15-18-21(23)19-16-13-11-9-7-5-4-6-8-10-12-14-17-20-22(24)25/h4-8,10,12,14,17,20H,2-3,9,11,13,15-16,18-19H2,1H3,(H,24,25). The van der Waals surface area contributed by atoms with Crippen LogP contribution in [0.25, 0.3) is 0 Å². The van der Waals surface area contributed by atoms with E-state index in [1.54, 1.807) is 12.2 Å². The van der Waals surface area contributed by atoms with Gasteiger partial charge in [0, 0.05) is 18.9 Å². The van der Waals surface area contributed by atoms with Crippen molar-refractivity contribution in [3.8, 4) is 0 Å². The third kappa shape index (κ3) is 19.8. The molecule has 138 valence electrons. The quantitative estimate of drug-likeness (QED) is 0.227. The lowest BCUT2D eigenvalue weighted by Crippen LogP contribution is -1.97. The molecular weight excluding hydrogens is 312 g/mol. The van der Waals surface area contributed by atoms with Gasteiger partial charge in [-0.25, -0.2) is 4.79 Å². The summed E-state index contributed by atoms with van der Waals surface area (Å²) in [7, 11) is 0. The fourth-order valence-electron chi connectivity index (χ4n) is 2.16. The Hall–Kier alpha value is -2.16. The van der Waals surface area contributed by atoms with E-state index in [1.165, 1.54) is 12.5 Å². The maximum Gasteiger partial charge on any atom is 0.328 e. The van der Waals surface area contributed by atoms with Crippen LogP contribution in [-0.2, 0) is 9.59 Å². The largest absolute Gasteiger partial charge is 0.478 e. The zero-order chi connectivity index (χ0) is 18.6. The molecule has 0 atom stereocenters. The second kappa shape index (κ2) is 18.2. The highest BCUT2D eigenvalue weighted by molar-refractivity contribution is 5.80. The number of carbonyl (C=O) groups excluding carboxylic acids is 1. The van der Waals surface area contributed by atoms with Crippen LogP contribution in [-0.4, -0.2) is 16.9 Å². The lowest BCUT2D eigenvalue weighted by molar-refractivity contribution is -0.131. The van der Waals surface area contributed by atoms with Crippen molar-refractivity contribution in [1.29, 1.82) is 0 Å². The Balaban J connectivity index is 3.56. The van der Waals surface area contributed by atoms with Gasteiger partial charge in [0.05, 0.1) is 0 Å². The molecule has 1 N–H and O–H groups in total. The number of carboxylic acids is 1. The molecule has 0 aromatic rings. The van der Waals surface area contributed by atoms with Crippen molar-refractivity contribution in [3.63, 3.8) is 0 Å². The van der Waals surface area contributed by atoms with Crippen molar-refractivity contribution in [1.82, 2.24) is 0 Å². The molecule has 0 saturated heterocycles. The van der Waals surface area contributed by atoms with Crippen LogP contribution in [0, 0.1) is 0 Å². The van der Waals surface area contributed by atoms with Crippen molar-refractivity contribution in [2.24, 2.45) is 0 Å². The number of allylic oxidation sites excluding steroid dienone is 9. The molecule has 3 nitrogen and oxygen atoms in total. The van der Waals surface area contributed by atoms with Gasteiger partial charge in [0.25, 0.3) is 0 Å². The molecule has 0 aliphatic heterocycles. The van der Waals surface area contributed by atoms with Crippen molar-refractivity contribution in [2.45, 2.75) is 64.7 Å². The van der Waals surface area contributed by atoms with Gasteiger partial charge in [-0.15, -0.1) is 0 Å². The predicted molar refractivity (Wildman–Crippen MR) is 106 cm³/mol. The molecule has 0 aliphatic rings.